The number of alkyl halides is 1. The summed E-state index contributed by atoms with van der Waals surface area (Å²) in [6, 6.07) is 28.0. The molecule has 0 bridgehead atoms. The van der Waals surface area contributed by atoms with Gasteiger partial charge in [0, 0.05) is 5.33 Å². The molecule has 0 unspecified atom stereocenters. The normalized spacial score (nSPS) is 17.7. The Bertz CT molecular complexity index is 2650. The number of nitrogens with zero attached hydrogens (tertiary/aromatic N) is 2. The fourth-order valence-corrected chi connectivity index (χ4v) is 10.2. The Kier molecular flexibility index (Phi) is 16.1. The minimum atomic E-state index is -0.896. The molecule has 0 fully saturated rings. The Morgan fingerprint density at radius 2 is 1.07 bits per heavy atom. The molecule has 2 heterocycles. The van der Waals surface area contributed by atoms with Gasteiger partial charge in [0.1, 0.15) is 29.6 Å². The smallest absolute Gasteiger partial charge is 0.307 e. The summed E-state index contributed by atoms with van der Waals surface area (Å²) < 4.78 is 22.0. The first-order valence-electron chi connectivity index (χ1n) is 24.0. The highest BCUT2D eigenvalue weighted by molar-refractivity contribution is 9.08. The van der Waals surface area contributed by atoms with Crippen molar-refractivity contribution in [2.24, 2.45) is 0 Å². The number of carboxylic acids is 1. The molecule has 0 spiro atoms. The largest absolute Gasteiger partial charge is 0.508 e. The highest BCUT2D eigenvalue weighted by Gasteiger charge is 2.39. The number of phenolic OH excluding ortho intramolecular Hbond substituents is 1. The number of aromatic nitrogens is 2. The lowest BCUT2D eigenvalue weighted by Gasteiger charge is -2.42. The molecule has 10 nitrogen and oxygen atoms in total. The zero-order valence-electron chi connectivity index (χ0n) is 42.4. The van der Waals surface area contributed by atoms with Crippen molar-refractivity contribution in [3.63, 3.8) is 0 Å². The summed E-state index contributed by atoms with van der Waals surface area (Å²) >= 11 is 3.55. The number of carboxylic acid groups (broad SMARTS) is 1. The lowest BCUT2D eigenvalue weighted by molar-refractivity contribution is -0.144. The van der Waals surface area contributed by atoms with Crippen molar-refractivity contribution >= 4 is 27.9 Å². The fourth-order valence-electron chi connectivity index (χ4n) is 9.80. The molecule has 8 rings (SSSR count). The third-order valence-electron chi connectivity index (χ3n) is 14.7. The maximum atomic E-state index is 11.9. The summed E-state index contributed by atoms with van der Waals surface area (Å²) in [5.74, 6) is 0.817. The lowest BCUT2D eigenvalue weighted by Crippen LogP contribution is -2.33. The Balaban J connectivity index is 0.000000185. The van der Waals surface area contributed by atoms with Gasteiger partial charge in [-0.3, -0.25) is 9.59 Å². The van der Waals surface area contributed by atoms with Crippen molar-refractivity contribution < 1.29 is 38.1 Å². The average Bonchev–Trinajstić information content (AvgIpc) is 4.07. The van der Waals surface area contributed by atoms with Crippen LogP contribution in [0.15, 0.2) is 119 Å². The van der Waals surface area contributed by atoms with Gasteiger partial charge in [-0.2, -0.15) is 0 Å². The number of benzene rings is 4. The molecule has 0 radical (unpaired) electrons. The van der Waals surface area contributed by atoms with Crippen LogP contribution in [0, 0.1) is 0 Å². The standard InChI is InChI=1S/C28H33NO4.C15H21Br.C15H17NO4/c1-26(2)12-13-27(3,4)23-14-19(6-11-22(23)26)17-32-21-9-7-20(8-10-21)28(5,15-25(30)31)24-16-29-18-33-24;1-14(2)7-8-15(3,4)13-9-11(10-16)5-6-12(13)14;1-3-19-14(18)8-15(2,13-9-16-10-20-13)11-4-6-12(17)7-5-11/h6-11,14,16,18H,12-13,15,17H2,1-5H3,(H,30,31);5-6,9H,7-8,10H2,1-4H3;4-7,9-10,17H,3,8H2,1-2H3/t28-;;15-/m0.0/s1. The van der Waals surface area contributed by atoms with Crippen LogP contribution in [0.3, 0.4) is 0 Å². The van der Waals surface area contributed by atoms with Crippen LogP contribution in [0.25, 0.3) is 0 Å². The Morgan fingerprint density at radius 1 is 0.638 bits per heavy atom. The summed E-state index contributed by atoms with van der Waals surface area (Å²) in [5, 5.41) is 19.8. The number of oxazole rings is 2. The molecule has 11 heteroatoms. The van der Waals surface area contributed by atoms with E-state index < -0.39 is 16.8 Å². The second kappa shape index (κ2) is 21.1. The molecule has 2 atom stereocenters. The van der Waals surface area contributed by atoms with Gasteiger partial charge in [-0.25, -0.2) is 9.97 Å². The first kappa shape index (κ1) is 52.7. The molecule has 0 saturated carbocycles. The summed E-state index contributed by atoms with van der Waals surface area (Å²) in [4.78, 5) is 31.3. The van der Waals surface area contributed by atoms with E-state index in [4.69, 9.17) is 18.3 Å². The Hall–Kier alpha value is -5.68. The van der Waals surface area contributed by atoms with E-state index in [1.807, 2.05) is 38.1 Å². The molecule has 2 aliphatic carbocycles. The fraction of sp³-hybridized carbons (Fsp3) is 0.448. The van der Waals surface area contributed by atoms with Crippen LogP contribution in [-0.2, 0) is 58.8 Å². The monoisotopic (exact) mass is 1000 g/mol. The summed E-state index contributed by atoms with van der Waals surface area (Å²) in [6.07, 6.45) is 10.8. The van der Waals surface area contributed by atoms with Gasteiger partial charge in [0.15, 0.2) is 12.8 Å². The van der Waals surface area contributed by atoms with Crippen LogP contribution >= 0.6 is 15.9 Å². The summed E-state index contributed by atoms with van der Waals surface area (Å²) in [6.45, 7) is 25.1. The van der Waals surface area contributed by atoms with Gasteiger partial charge in [0.2, 0.25) is 0 Å². The lowest BCUT2D eigenvalue weighted by atomic mass is 9.63. The SMILES string of the molecule is CC1(C)CCC(C)(C)c2cc(CBr)ccc21.CC1(C)CCC(C)(C)c2cc(COc3ccc([C@](C)(CC(=O)O)c4cnco4)cc3)ccc21.CCOC(=O)C[C@@](C)(c1ccc(O)cc1)c1cnco1. The van der Waals surface area contributed by atoms with Crippen molar-refractivity contribution in [1.29, 1.82) is 0 Å². The van der Waals surface area contributed by atoms with Gasteiger partial charge in [-0.15, -0.1) is 0 Å². The molecular weight excluding hydrogens is 933 g/mol. The summed E-state index contributed by atoms with van der Waals surface area (Å²) in [5.41, 5.74) is 9.76. The van der Waals surface area contributed by atoms with E-state index in [2.05, 4.69) is 118 Å². The molecular formula is C58H71BrN2O8. The number of aliphatic carboxylic acids is 1. The number of rotatable bonds is 13. The van der Waals surface area contributed by atoms with Crippen molar-refractivity contribution in [2.75, 3.05) is 6.61 Å². The van der Waals surface area contributed by atoms with Crippen LogP contribution in [0.5, 0.6) is 11.5 Å². The highest BCUT2D eigenvalue weighted by atomic mass is 79.9. The van der Waals surface area contributed by atoms with E-state index in [-0.39, 0.29) is 35.4 Å². The summed E-state index contributed by atoms with van der Waals surface area (Å²) in [7, 11) is 0. The number of phenols is 1. The second-order valence-electron chi connectivity index (χ2n) is 21.7. The topological polar surface area (TPSA) is 145 Å². The Morgan fingerprint density at radius 3 is 1.51 bits per heavy atom. The van der Waals surface area contributed by atoms with Gasteiger partial charge in [0.05, 0.1) is 42.7 Å². The third-order valence-corrected chi connectivity index (χ3v) is 15.3. The van der Waals surface area contributed by atoms with Crippen molar-refractivity contribution in [3.05, 3.63) is 166 Å². The minimum absolute atomic E-state index is 0.0936. The molecule has 2 aliphatic rings. The van der Waals surface area contributed by atoms with Crippen LogP contribution in [0.4, 0.5) is 0 Å². The number of halogens is 1. The minimum Gasteiger partial charge on any atom is -0.508 e. The number of carbonyl (C=O) groups is 2. The molecule has 2 N–H and O–H groups in total. The molecule has 0 aliphatic heterocycles. The van der Waals surface area contributed by atoms with E-state index in [0.29, 0.717) is 35.6 Å². The number of hydrogen-bond acceptors (Lipinski definition) is 9. The second-order valence-corrected chi connectivity index (χ2v) is 22.3. The molecule has 4 aromatic carbocycles. The van der Waals surface area contributed by atoms with Crippen LogP contribution in [0.1, 0.15) is 171 Å². The van der Waals surface area contributed by atoms with Gasteiger partial charge < -0.3 is 28.5 Å². The first-order valence-corrected chi connectivity index (χ1v) is 25.1. The van der Waals surface area contributed by atoms with E-state index in [1.165, 1.54) is 55.2 Å². The van der Waals surface area contributed by atoms with Crippen molar-refractivity contribution in [2.45, 2.75) is 159 Å². The van der Waals surface area contributed by atoms with E-state index >= 15 is 0 Å². The predicted molar refractivity (Wildman–Crippen MR) is 274 cm³/mol. The highest BCUT2D eigenvalue weighted by Crippen LogP contribution is 2.47. The average molecular weight is 1000 g/mol. The van der Waals surface area contributed by atoms with Gasteiger partial charge in [0.25, 0.3) is 0 Å². The van der Waals surface area contributed by atoms with Crippen LogP contribution in [0.2, 0.25) is 0 Å². The van der Waals surface area contributed by atoms with E-state index in [0.717, 1.165) is 27.8 Å². The van der Waals surface area contributed by atoms with Crippen molar-refractivity contribution in [3.8, 4) is 11.5 Å². The number of hydrogen-bond donors (Lipinski definition) is 2. The van der Waals surface area contributed by atoms with E-state index in [1.54, 1.807) is 54.7 Å². The molecule has 69 heavy (non-hydrogen) atoms. The number of fused-ring (bicyclic) bond motifs is 2. The molecule has 368 valence electrons. The molecule has 0 amide bonds. The number of aromatic hydroxyl groups is 1. The van der Waals surface area contributed by atoms with Crippen LogP contribution in [-0.4, -0.2) is 38.7 Å². The van der Waals surface area contributed by atoms with Gasteiger partial charge >= 0.3 is 11.9 Å². The van der Waals surface area contributed by atoms with Gasteiger partial charge in [-0.05, 0) is 137 Å². The van der Waals surface area contributed by atoms with Crippen molar-refractivity contribution in [1.82, 2.24) is 9.97 Å². The first-order chi connectivity index (χ1) is 32.4. The van der Waals surface area contributed by atoms with Crippen LogP contribution < -0.4 is 4.74 Å². The predicted octanol–water partition coefficient (Wildman–Crippen LogP) is 14.0. The molecule has 2 aromatic heterocycles. The number of esters is 1. The third kappa shape index (κ3) is 12.2. The maximum Gasteiger partial charge on any atom is 0.307 e. The number of carbonyl (C=O) groups excluding carboxylic acids is 1. The number of ether oxygens (including phenoxy) is 2. The molecule has 0 saturated heterocycles. The quantitative estimate of drug-likeness (QED) is 0.0847. The zero-order valence-corrected chi connectivity index (χ0v) is 44.0. The zero-order chi connectivity index (χ0) is 50.4. The van der Waals surface area contributed by atoms with Gasteiger partial charge in [-0.1, -0.05) is 132 Å². The molecule has 6 aromatic rings. The van der Waals surface area contributed by atoms with E-state index in [9.17, 15) is 19.8 Å². The Labute approximate surface area is 417 Å². The maximum absolute atomic E-state index is 11.9.